The van der Waals surface area contributed by atoms with Crippen LogP contribution in [0, 0.1) is 0 Å². The molecular weight excluding hydrogens is 238 g/mol. The van der Waals surface area contributed by atoms with Crippen LogP contribution in [-0.4, -0.2) is 21.7 Å². The Labute approximate surface area is 111 Å². The van der Waals surface area contributed by atoms with Crippen LogP contribution >= 0.6 is 0 Å². The molecule has 3 rings (SSSR count). The Hall–Kier alpha value is -2.36. The first kappa shape index (κ1) is 11.7. The maximum atomic E-state index is 5.43. The van der Waals surface area contributed by atoms with Crippen LogP contribution in [0.3, 0.4) is 0 Å². The van der Waals surface area contributed by atoms with Crippen molar-refractivity contribution in [2.24, 2.45) is 0 Å². The van der Waals surface area contributed by atoms with Crippen LogP contribution in [0.15, 0.2) is 42.7 Å². The summed E-state index contributed by atoms with van der Waals surface area (Å²) in [6, 6.07) is 10.1. The molecule has 3 aromatic rings. The van der Waals surface area contributed by atoms with Crippen molar-refractivity contribution in [1.29, 1.82) is 0 Å². The number of aromatic nitrogens is 3. The molecule has 0 radical (unpaired) electrons. The van der Waals surface area contributed by atoms with Gasteiger partial charge >= 0.3 is 0 Å². The van der Waals surface area contributed by atoms with E-state index in [1.165, 1.54) is 5.56 Å². The van der Waals surface area contributed by atoms with Crippen LogP contribution in [0.1, 0.15) is 12.5 Å². The molecule has 2 aromatic heterocycles. The van der Waals surface area contributed by atoms with Gasteiger partial charge in [-0.15, -0.1) is 0 Å². The van der Waals surface area contributed by atoms with Crippen molar-refractivity contribution in [2.45, 2.75) is 13.3 Å². The minimum absolute atomic E-state index is 0.837. The molecule has 0 saturated carbocycles. The van der Waals surface area contributed by atoms with Gasteiger partial charge in [-0.3, -0.25) is 0 Å². The predicted molar refractivity (Wildman–Crippen MR) is 74.4 cm³/mol. The second-order valence-electron chi connectivity index (χ2n) is 4.34. The Bertz CT molecular complexity index is 718. The quantitative estimate of drug-likeness (QED) is 0.720. The van der Waals surface area contributed by atoms with Crippen LogP contribution in [0.2, 0.25) is 0 Å². The van der Waals surface area contributed by atoms with Crippen LogP contribution in [-0.2, 0) is 6.42 Å². The summed E-state index contributed by atoms with van der Waals surface area (Å²) in [6.07, 6.45) is 4.57. The van der Waals surface area contributed by atoms with E-state index in [0.717, 1.165) is 29.1 Å². The molecule has 0 bridgehead atoms. The van der Waals surface area contributed by atoms with Gasteiger partial charge in [-0.05, 0) is 36.2 Å². The molecule has 4 heteroatoms. The third-order valence-corrected chi connectivity index (χ3v) is 3.20. The molecule has 0 aliphatic rings. The lowest BCUT2D eigenvalue weighted by atomic mass is 10.0. The molecule has 0 spiro atoms. The standard InChI is InChI=1S/C15H15N3O/c1-3-11-4-6-14(19-2)12(10-11)13-5-7-15-16-8-9-18(15)17-13/h4-10H,3H2,1-2H3. The Morgan fingerprint density at radius 1 is 1.21 bits per heavy atom. The van der Waals surface area contributed by atoms with Crippen LogP contribution in [0.4, 0.5) is 0 Å². The van der Waals surface area contributed by atoms with Crippen molar-refractivity contribution < 1.29 is 4.74 Å². The lowest BCUT2D eigenvalue weighted by Crippen LogP contribution is -1.96. The van der Waals surface area contributed by atoms with E-state index in [-0.39, 0.29) is 0 Å². The van der Waals surface area contributed by atoms with Gasteiger partial charge in [0, 0.05) is 18.0 Å². The van der Waals surface area contributed by atoms with Gasteiger partial charge in [0.25, 0.3) is 0 Å². The maximum absolute atomic E-state index is 5.43. The molecule has 0 N–H and O–H groups in total. The highest BCUT2D eigenvalue weighted by Crippen LogP contribution is 2.29. The van der Waals surface area contributed by atoms with Crippen LogP contribution < -0.4 is 4.74 Å². The highest BCUT2D eigenvalue weighted by atomic mass is 16.5. The number of rotatable bonds is 3. The number of nitrogens with zero attached hydrogens (tertiary/aromatic N) is 3. The second kappa shape index (κ2) is 4.72. The van der Waals surface area contributed by atoms with E-state index in [4.69, 9.17) is 4.74 Å². The minimum atomic E-state index is 0.837. The monoisotopic (exact) mass is 253 g/mol. The second-order valence-corrected chi connectivity index (χ2v) is 4.34. The van der Waals surface area contributed by atoms with Gasteiger partial charge in [0.05, 0.1) is 12.8 Å². The minimum Gasteiger partial charge on any atom is -0.496 e. The van der Waals surface area contributed by atoms with E-state index in [0.29, 0.717) is 0 Å². The summed E-state index contributed by atoms with van der Waals surface area (Å²) in [7, 11) is 1.68. The summed E-state index contributed by atoms with van der Waals surface area (Å²) >= 11 is 0. The summed E-state index contributed by atoms with van der Waals surface area (Å²) < 4.78 is 7.20. The fourth-order valence-corrected chi connectivity index (χ4v) is 2.13. The fraction of sp³-hybridized carbons (Fsp3) is 0.200. The third kappa shape index (κ3) is 2.05. The predicted octanol–water partition coefficient (Wildman–Crippen LogP) is 2.97. The molecule has 0 aliphatic heterocycles. The lowest BCUT2D eigenvalue weighted by molar-refractivity contribution is 0.416. The molecule has 2 heterocycles. The van der Waals surface area contributed by atoms with Crippen LogP contribution in [0.5, 0.6) is 5.75 Å². The first-order valence-corrected chi connectivity index (χ1v) is 6.29. The van der Waals surface area contributed by atoms with Gasteiger partial charge in [0.1, 0.15) is 5.75 Å². The number of ether oxygens (including phenoxy) is 1. The average molecular weight is 253 g/mol. The summed E-state index contributed by atoms with van der Waals surface area (Å²) in [5.74, 6) is 0.837. The lowest BCUT2D eigenvalue weighted by Gasteiger charge is -2.10. The summed E-state index contributed by atoms with van der Waals surface area (Å²) in [4.78, 5) is 4.20. The van der Waals surface area contributed by atoms with E-state index >= 15 is 0 Å². The topological polar surface area (TPSA) is 39.4 Å². The molecule has 0 fully saturated rings. The smallest absolute Gasteiger partial charge is 0.153 e. The Morgan fingerprint density at radius 2 is 2.11 bits per heavy atom. The highest BCUT2D eigenvalue weighted by Gasteiger charge is 2.09. The molecular formula is C15H15N3O. The molecule has 4 nitrogen and oxygen atoms in total. The van der Waals surface area contributed by atoms with E-state index in [2.05, 4.69) is 29.1 Å². The summed E-state index contributed by atoms with van der Waals surface area (Å²) in [5.41, 5.74) is 4.01. The van der Waals surface area contributed by atoms with Crippen molar-refractivity contribution in [2.75, 3.05) is 7.11 Å². The first-order valence-electron chi connectivity index (χ1n) is 6.29. The number of benzene rings is 1. The van der Waals surface area contributed by atoms with Gasteiger partial charge in [0.2, 0.25) is 0 Å². The van der Waals surface area contributed by atoms with E-state index in [1.807, 2.05) is 24.4 Å². The van der Waals surface area contributed by atoms with Crippen molar-refractivity contribution in [3.05, 3.63) is 48.3 Å². The zero-order valence-electron chi connectivity index (χ0n) is 11.0. The van der Waals surface area contributed by atoms with Gasteiger partial charge in [-0.1, -0.05) is 13.0 Å². The fourth-order valence-electron chi connectivity index (χ4n) is 2.13. The zero-order chi connectivity index (χ0) is 13.2. The van der Waals surface area contributed by atoms with Crippen molar-refractivity contribution in [1.82, 2.24) is 14.6 Å². The number of imidazole rings is 1. The molecule has 0 saturated heterocycles. The van der Waals surface area contributed by atoms with E-state index < -0.39 is 0 Å². The maximum Gasteiger partial charge on any atom is 0.153 e. The molecule has 19 heavy (non-hydrogen) atoms. The van der Waals surface area contributed by atoms with Crippen molar-refractivity contribution >= 4 is 5.65 Å². The van der Waals surface area contributed by atoms with E-state index in [1.54, 1.807) is 17.8 Å². The van der Waals surface area contributed by atoms with Gasteiger partial charge < -0.3 is 4.74 Å². The van der Waals surface area contributed by atoms with E-state index in [9.17, 15) is 0 Å². The van der Waals surface area contributed by atoms with Gasteiger partial charge in [-0.25, -0.2) is 9.50 Å². The normalized spacial score (nSPS) is 10.8. The molecule has 1 aromatic carbocycles. The Balaban J connectivity index is 2.18. The highest BCUT2D eigenvalue weighted by molar-refractivity contribution is 5.68. The van der Waals surface area contributed by atoms with Gasteiger partial charge in [0.15, 0.2) is 5.65 Å². The molecule has 0 atom stereocenters. The number of hydrogen-bond donors (Lipinski definition) is 0. The SMILES string of the molecule is CCc1ccc(OC)c(-c2ccc3nccn3n2)c1. The van der Waals surface area contributed by atoms with Crippen LogP contribution in [0.25, 0.3) is 16.9 Å². The van der Waals surface area contributed by atoms with Gasteiger partial charge in [-0.2, -0.15) is 5.10 Å². The number of aryl methyl sites for hydroxylation is 1. The number of methoxy groups -OCH3 is 1. The number of fused-ring (bicyclic) bond motifs is 1. The summed E-state index contributed by atoms with van der Waals surface area (Å²) in [5, 5.41) is 4.56. The number of hydrogen-bond acceptors (Lipinski definition) is 3. The van der Waals surface area contributed by atoms with Crippen molar-refractivity contribution in [3.8, 4) is 17.0 Å². The molecule has 0 aliphatic carbocycles. The largest absolute Gasteiger partial charge is 0.496 e. The zero-order valence-corrected chi connectivity index (χ0v) is 11.0. The third-order valence-electron chi connectivity index (χ3n) is 3.20. The summed E-state index contributed by atoms with van der Waals surface area (Å²) in [6.45, 7) is 2.14. The average Bonchev–Trinajstić information content (AvgIpc) is 2.93. The van der Waals surface area contributed by atoms with Crippen molar-refractivity contribution in [3.63, 3.8) is 0 Å². The molecule has 0 amide bonds. The Morgan fingerprint density at radius 3 is 2.89 bits per heavy atom. The first-order chi connectivity index (χ1) is 9.31. The molecule has 96 valence electrons. The Kier molecular flexibility index (Phi) is 2.91. The molecule has 0 unspecified atom stereocenters.